The van der Waals surface area contributed by atoms with Gasteiger partial charge in [0, 0.05) is 73.7 Å². The highest BCUT2D eigenvalue weighted by Crippen LogP contribution is 2.29. The Morgan fingerprint density at radius 1 is 1.11 bits per heavy atom. The van der Waals surface area contributed by atoms with E-state index in [0.29, 0.717) is 17.8 Å². The minimum absolute atomic E-state index is 0.545. The Balaban J connectivity index is 1.60. The molecule has 2 aliphatic rings. The van der Waals surface area contributed by atoms with Gasteiger partial charge in [0.15, 0.2) is 6.29 Å². The second-order valence-electron chi connectivity index (χ2n) is 9.09. The number of hydrogen-bond acceptors (Lipinski definition) is 7. The Morgan fingerprint density at radius 3 is 2.47 bits per heavy atom. The van der Waals surface area contributed by atoms with E-state index in [4.69, 9.17) is 10.7 Å². The number of likely N-dealkylation sites (N-methyl/N-ethyl adjacent to an activating group) is 1. The van der Waals surface area contributed by atoms with E-state index in [1.54, 1.807) is 6.20 Å². The summed E-state index contributed by atoms with van der Waals surface area (Å²) in [5.74, 6) is 0.545. The Morgan fingerprint density at radius 2 is 1.83 bits per heavy atom. The SMILES string of the molecule is CCC(=Nc1cc(N2CCN(c3ccnc(N)c3)CC2)ccc1C)/C(C=O)=C1\C=CCCC=C1NC. The normalized spacial score (nSPS) is 18.0. The van der Waals surface area contributed by atoms with Crippen LogP contribution in [-0.2, 0) is 4.79 Å². The van der Waals surface area contributed by atoms with Gasteiger partial charge in [-0.05, 0) is 49.9 Å². The lowest BCUT2D eigenvalue weighted by Crippen LogP contribution is -2.46. The molecule has 3 N–H and O–H groups in total. The number of nitrogens with two attached hydrogens (primary N) is 1. The van der Waals surface area contributed by atoms with Crippen LogP contribution in [-0.4, -0.2) is 50.2 Å². The maximum Gasteiger partial charge on any atom is 0.152 e. The maximum absolute atomic E-state index is 12.3. The molecule has 0 amide bonds. The van der Waals surface area contributed by atoms with Crippen LogP contribution in [0.15, 0.2) is 76.6 Å². The number of allylic oxidation sites excluding steroid dienone is 4. The third kappa shape index (κ3) is 5.67. The molecule has 2 aromatic rings. The first-order chi connectivity index (χ1) is 17.5. The van der Waals surface area contributed by atoms with Crippen molar-refractivity contribution >= 4 is 34.9 Å². The van der Waals surface area contributed by atoms with Gasteiger partial charge < -0.3 is 20.9 Å². The van der Waals surface area contributed by atoms with Crippen molar-refractivity contribution in [3.63, 3.8) is 0 Å². The van der Waals surface area contributed by atoms with Gasteiger partial charge in [0.05, 0.1) is 11.4 Å². The van der Waals surface area contributed by atoms with Crippen molar-refractivity contribution in [2.75, 3.05) is 48.8 Å². The fourth-order valence-corrected chi connectivity index (χ4v) is 4.73. The lowest BCUT2D eigenvalue weighted by molar-refractivity contribution is -0.104. The topological polar surface area (TPSA) is 86.8 Å². The number of nitrogens with zero attached hydrogens (tertiary/aromatic N) is 4. The zero-order valence-corrected chi connectivity index (χ0v) is 21.5. The Hall–Kier alpha value is -3.87. The first-order valence-electron chi connectivity index (χ1n) is 12.7. The van der Waals surface area contributed by atoms with Crippen molar-refractivity contribution < 1.29 is 4.79 Å². The average molecular weight is 485 g/mol. The van der Waals surface area contributed by atoms with E-state index in [2.05, 4.69) is 64.3 Å². The molecule has 1 aromatic heterocycles. The molecule has 1 aromatic carbocycles. The summed E-state index contributed by atoms with van der Waals surface area (Å²) in [6, 6.07) is 10.4. The summed E-state index contributed by atoms with van der Waals surface area (Å²) in [7, 11) is 1.90. The van der Waals surface area contributed by atoms with Crippen LogP contribution in [0.25, 0.3) is 0 Å². The number of pyridine rings is 1. The van der Waals surface area contributed by atoms with Gasteiger partial charge in [0.25, 0.3) is 0 Å². The number of aldehydes is 1. The first kappa shape index (κ1) is 25.2. The van der Waals surface area contributed by atoms with Crippen LogP contribution in [0.2, 0.25) is 0 Å². The molecule has 1 aliphatic carbocycles. The average Bonchev–Trinajstić information content (AvgIpc) is 3.15. The Labute approximate surface area is 214 Å². The third-order valence-corrected chi connectivity index (χ3v) is 6.80. The van der Waals surface area contributed by atoms with Gasteiger partial charge in [-0.2, -0.15) is 0 Å². The number of anilines is 3. The number of aliphatic imine (C=N–C) groups is 1. The number of aryl methyl sites for hydroxylation is 1. The van der Waals surface area contributed by atoms with Crippen molar-refractivity contribution in [1.29, 1.82) is 0 Å². The van der Waals surface area contributed by atoms with Crippen LogP contribution in [0.4, 0.5) is 22.9 Å². The minimum atomic E-state index is 0.545. The number of rotatable bonds is 7. The number of carbonyl (C=O) groups excluding carboxylic acids is 1. The van der Waals surface area contributed by atoms with Crippen LogP contribution in [0.3, 0.4) is 0 Å². The number of nitrogen functional groups attached to an aromatic ring is 1. The number of nitrogens with one attached hydrogen (secondary N) is 1. The summed E-state index contributed by atoms with van der Waals surface area (Å²) in [6.45, 7) is 7.74. The lowest BCUT2D eigenvalue weighted by atomic mass is 9.99. The lowest BCUT2D eigenvalue weighted by Gasteiger charge is -2.37. The number of carbonyl (C=O) groups is 1. The van der Waals surface area contributed by atoms with E-state index in [-0.39, 0.29) is 0 Å². The van der Waals surface area contributed by atoms with Gasteiger partial charge in [-0.1, -0.05) is 31.2 Å². The molecule has 36 heavy (non-hydrogen) atoms. The van der Waals surface area contributed by atoms with Crippen LogP contribution in [0, 0.1) is 6.92 Å². The Bertz CT molecular complexity index is 1220. The van der Waals surface area contributed by atoms with E-state index in [1.165, 1.54) is 0 Å². The van der Waals surface area contributed by atoms with Crippen LogP contribution < -0.4 is 20.9 Å². The third-order valence-electron chi connectivity index (χ3n) is 6.80. The van der Waals surface area contributed by atoms with Gasteiger partial charge in [0.1, 0.15) is 5.82 Å². The molecule has 2 heterocycles. The minimum Gasteiger partial charge on any atom is -0.388 e. The number of aromatic nitrogens is 1. The fraction of sp³-hybridized carbons (Fsp3) is 0.345. The zero-order chi connectivity index (χ0) is 25.5. The van der Waals surface area contributed by atoms with Gasteiger partial charge in [-0.15, -0.1) is 0 Å². The molecule has 7 nitrogen and oxygen atoms in total. The molecular formula is C29H36N6O. The van der Waals surface area contributed by atoms with Gasteiger partial charge in [-0.3, -0.25) is 9.79 Å². The molecule has 1 aliphatic heterocycles. The summed E-state index contributed by atoms with van der Waals surface area (Å²) in [5.41, 5.74) is 13.5. The fourth-order valence-electron chi connectivity index (χ4n) is 4.73. The monoisotopic (exact) mass is 484 g/mol. The van der Waals surface area contributed by atoms with Gasteiger partial charge >= 0.3 is 0 Å². The molecule has 0 spiro atoms. The Kier molecular flexibility index (Phi) is 8.21. The van der Waals surface area contributed by atoms with Crippen molar-refractivity contribution in [1.82, 2.24) is 10.3 Å². The summed E-state index contributed by atoms with van der Waals surface area (Å²) < 4.78 is 0. The van der Waals surface area contributed by atoms with Crippen molar-refractivity contribution in [2.24, 2.45) is 4.99 Å². The number of piperazine rings is 1. The molecule has 0 saturated carbocycles. The largest absolute Gasteiger partial charge is 0.388 e. The van der Waals surface area contributed by atoms with E-state index in [0.717, 1.165) is 84.9 Å². The van der Waals surface area contributed by atoms with Gasteiger partial charge in [0.2, 0.25) is 0 Å². The molecular weight excluding hydrogens is 448 g/mol. The molecule has 0 radical (unpaired) electrons. The smallest absolute Gasteiger partial charge is 0.152 e. The van der Waals surface area contributed by atoms with E-state index in [9.17, 15) is 4.79 Å². The highest BCUT2D eigenvalue weighted by Gasteiger charge is 2.19. The highest BCUT2D eigenvalue weighted by atomic mass is 16.1. The summed E-state index contributed by atoms with van der Waals surface area (Å²) in [5, 5.41) is 3.25. The van der Waals surface area contributed by atoms with Crippen molar-refractivity contribution in [3.05, 3.63) is 77.2 Å². The summed E-state index contributed by atoms with van der Waals surface area (Å²) in [4.78, 5) is 26.1. The maximum atomic E-state index is 12.3. The molecule has 1 fully saturated rings. The van der Waals surface area contributed by atoms with E-state index in [1.807, 2.05) is 25.3 Å². The van der Waals surface area contributed by atoms with Crippen molar-refractivity contribution in [2.45, 2.75) is 33.1 Å². The van der Waals surface area contributed by atoms with Crippen LogP contribution >= 0.6 is 0 Å². The second-order valence-corrected chi connectivity index (χ2v) is 9.09. The summed E-state index contributed by atoms with van der Waals surface area (Å²) >= 11 is 0. The molecule has 188 valence electrons. The van der Waals surface area contributed by atoms with Crippen LogP contribution in [0.5, 0.6) is 0 Å². The molecule has 0 atom stereocenters. The van der Waals surface area contributed by atoms with Crippen molar-refractivity contribution in [3.8, 4) is 0 Å². The van der Waals surface area contributed by atoms with E-state index >= 15 is 0 Å². The molecule has 1 saturated heterocycles. The van der Waals surface area contributed by atoms with Crippen LogP contribution in [0.1, 0.15) is 31.7 Å². The quantitative estimate of drug-likeness (QED) is 0.336. The zero-order valence-electron chi connectivity index (χ0n) is 21.5. The highest BCUT2D eigenvalue weighted by molar-refractivity contribution is 6.17. The predicted molar refractivity (Wildman–Crippen MR) is 150 cm³/mol. The predicted octanol–water partition coefficient (Wildman–Crippen LogP) is 4.73. The number of hydrogen-bond donors (Lipinski definition) is 2. The first-order valence-corrected chi connectivity index (χ1v) is 12.7. The summed E-state index contributed by atoms with van der Waals surface area (Å²) in [6.07, 6.45) is 11.6. The molecule has 0 unspecified atom stereocenters. The van der Waals surface area contributed by atoms with E-state index < -0.39 is 0 Å². The molecule has 4 rings (SSSR count). The number of benzene rings is 1. The van der Waals surface area contributed by atoms with Gasteiger partial charge in [-0.25, -0.2) is 4.98 Å². The molecule has 7 heteroatoms. The second kappa shape index (κ2) is 11.7. The standard InChI is InChI=1S/C29H36N6O/c1-4-26(25(20-36)24-8-6-5-7-9-27(24)31-3)33-28-18-22(11-10-21(28)2)34-14-16-35(17-15-34)23-12-13-32-29(30)19-23/h6,8-13,18-20,31H,4-5,7,14-17H2,1-3H3,(H2,30,32)/b25-24+,33-26?. The molecule has 0 bridgehead atoms.